The zero-order valence-corrected chi connectivity index (χ0v) is 15.9. The van der Waals surface area contributed by atoms with Crippen LogP contribution in [0.1, 0.15) is 28.9 Å². The number of anilines is 1. The van der Waals surface area contributed by atoms with E-state index in [1.165, 1.54) is 24.6 Å². The molecule has 3 aromatic rings. The summed E-state index contributed by atoms with van der Waals surface area (Å²) in [6.07, 6.45) is 8.27. The Labute approximate surface area is 167 Å². The van der Waals surface area contributed by atoms with Gasteiger partial charge in [0.2, 0.25) is 5.89 Å². The van der Waals surface area contributed by atoms with Gasteiger partial charge in [0.05, 0.1) is 41.5 Å². The standard InChI is InChI=1S/C21H20FN5O2/c1-12-9-25-19(10-24-12)26-17-6-13-7-18(17)27(11-13)21(28)16-8-14(22)2-3-15(16)20-23-4-5-29-20/h2-5,8-10,13,17-18H,6-7,11H2,1H3,(H,25,26). The second-order valence-electron chi connectivity index (χ2n) is 7.68. The molecule has 1 aliphatic carbocycles. The first-order valence-electron chi connectivity index (χ1n) is 9.64. The zero-order chi connectivity index (χ0) is 20.0. The number of rotatable bonds is 4. The topological polar surface area (TPSA) is 84.2 Å². The second kappa shape index (κ2) is 6.95. The summed E-state index contributed by atoms with van der Waals surface area (Å²) in [5.41, 5.74) is 1.62. The minimum atomic E-state index is -0.461. The monoisotopic (exact) mass is 393 g/mol. The Kier molecular flexibility index (Phi) is 4.26. The Balaban J connectivity index is 1.41. The van der Waals surface area contributed by atoms with Gasteiger partial charge in [0.15, 0.2) is 0 Å². The number of likely N-dealkylation sites (tertiary alicyclic amines) is 1. The van der Waals surface area contributed by atoms with Gasteiger partial charge in [-0.1, -0.05) is 0 Å². The Morgan fingerprint density at radius 3 is 2.86 bits per heavy atom. The predicted molar refractivity (Wildman–Crippen MR) is 104 cm³/mol. The number of halogens is 1. The summed E-state index contributed by atoms with van der Waals surface area (Å²) in [5, 5.41) is 3.42. The molecule has 1 saturated carbocycles. The first kappa shape index (κ1) is 17.8. The van der Waals surface area contributed by atoms with Crippen molar-refractivity contribution in [3.63, 3.8) is 0 Å². The van der Waals surface area contributed by atoms with Gasteiger partial charge in [-0.15, -0.1) is 0 Å². The fourth-order valence-electron chi connectivity index (χ4n) is 4.46. The maximum absolute atomic E-state index is 14.0. The molecule has 2 fully saturated rings. The number of fused-ring (bicyclic) bond motifs is 2. The van der Waals surface area contributed by atoms with E-state index in [0.717, 1.165) is 18.5 Å². The predicted octanol–water partition coefficient (Wildman–Crippen LogP) is 3.29. The number of hydrogen-bond acceptors (Lipinski definition) is 6. The third kappa shape index (κ3) is 3.24. The number of nitrogens with zero attached hydrogens (tertiary/aromatic N) is 4. The van der Waals surface area contributed by atoms with Gasteiger partial charge in [-0.25, -0.2) is 14.4 Å². The molecule has 3 atom stereocenters. The van der Waals surface area contributed by atoms with E-state index in [2.05, 4.69) is 20.3 Å². The highest BCUT2D eigenvalue weighted by Crippen LogP contribution is 2.40. The minimum absolute atomic E-state index is 0.0243. The molecule has 3 heterocycles. The number of amides is 1. The fourth-order valence-corrected chi connectivity index (χ4v) is 4.46. The number of nitrogens with one attached hydrogen (secondary N) is 1. The SMILES string of the molecule is Cc1cnc(NC2CC3CC2N(C(=O)c2cc(F)ccc2-c2ncco2)C3)cn1. The lowest BCUT2D eigenvalue weighted by Gasteiger charge is -2.34. The van der Waals surface area contributed by atoms with E-state index in [0.29, 0.717) is 29.7 Å². The van der Waals surface area contributed by atoms with Crippen LogP contribution in [-0.4, -0.2) is 44.4 Å². The van der Waals surface area contributed by atoms with Gasteiger partial charge < -0.3 is 14.6 Å². The summed E-state index contributed by atoms with van der Waals surface area (Å²) >= 11 is 0. The van der Waals surface area contributed by atoms with E-state index >= 15 is 0 Å². The molecule has 1 aromatic carbocycles. The summed E-state index contributed by atoms with van der Waals surface area (Å²) in [7, 11) is 0. The van der Waals surface area contributed by atoms with Crippen molar-refractivity contribution < 1.29 is 13.6 Å². The molecular formula is C21H20FN5O2. The molecule has 0 spiro atoms. The molecule has 5 rings (SSSR count). The maximum atomic E-state index is 14.0. The zero-order valence-electron chi connectivity index (χ0n) is 15.9. The first-order chi connectivity index (χ1) is 14.1. The van der Waals surface area contributed by atoms with E-state index in [1.807, 2.05) is 11.8 Å². The van der Waals surface area contributed by atoms with Crippen LogP contribution < -0.4 is 5.32 Å². The highest BCUT2D eigenvalue weighted by Gasteiger charge is 2.47. The van der Waals surface area contributed by atoms with Crippen LogP contribution in [0.2, 0.25) is 0 Å². The largest absolute Gasteiger partial charge is 0.445 e. The third-order valence-electron chi connectivity index (χ3n) is 5.73. The van der Waals surface area contributed by atoms with Crippen LogP contribution in [0.15, 0.2) is 47.5 Å². The Morgan fingerprint density at radius 1 is 1.24 bits per heavy atom. The van der Waals surface area contributed by atoms with Crippen molar-refractivity contribution in [2.45, 2.75) is 31.8 Å². The Bertz CT molecular complexity index is 1040. The van der Waals surface area contributed by atoms with E-state index < -0.39 is 5.82 Å². The molecule has 3 unspecified atom stereocenters. The number of carbonyl (C=O) groups is 1. The summed E-state index contributed by atoms with van der Waals surface area (Å²) in [6, 6.07) is 4.24. The van der Waals surface area contributed by atoms with E-state index in [-0.39, 0.29) is 23.6 Å². The van der Waals surface area contributed by atoms with E-state index in [9.17, 15) is 9.18 Å². The van der Waals surface area contributed by atoms with Crippen molar-refractivity contribution in [3.8, 4) is 11.5 Å². The van der Waals surface area contributed by atoms with Gasteiger partial charge >= 0.3 is 0 Å². The van der Waals surface area contributed by atoms with Crippen LogP contribution in [0, 0.1) is 18.7 Å². The molecular weight excluding hydrogens is 373 g/mol. The van der Waals surface area contributed by atoms with Crippen molar-refractivity contribution >= 4 is 11.7 Å². The quantitative estimate of drug-likeness (QED) is 0.732. The van der Waals surface area contributed by atoms with Crippen molar-refractivity contribution in [1.29, 1.82) is 0 Å². The molecule has 1 N–H and O–H groups in total. The molecule has 2 aromatic heterocycles. The Hall–Kier alpha value is -3.29. The lowest BCUT2D eigenvalue weighted by molar-refractivity contribution is 0.0692. The number of aromatic nitrogens is 3. The van der Waals surface area contributed by atoms with E-state index in [4.69, 9.17) is 4.42 Å². The Morgan fingerprint density at radius 2 is 2.14 bits per heavy atom. The number of hydrogen-bond donors (Lipinski definition) is 1. The summed E-state index contributed by atoms with van der Waals surface area (Å²) in [5.74, 6) is 0.761. The van der Waals surface area contributed by atoms with E-state index in [1.54, 1.807) is 18.5 Å². The second-order valence-corrected chi connectivity index (χ2v) is 7.68. The van der Waals surface area contributed by atoms with Gasteiger partial charge in [0.25, 0.3) is 5.91 Å². The number of carbonyl (C=O) groups excluding carboxylic acids is 1. The number of benzene rings is 1. The summed E-state index contributed by atoms with van der Waals surface area (Å²) < 4.78 is 19.3. The van der Waals surface area contributed by atoms with Gasteiger partial charge in [0.1, 0.15) is 17.9 Å². The van der Waals surface area contributed by atoms with Crippen molar-refractivity contribution in [3.05, 3.63) is 60.1 Å². The molecule has 1 saturated heterocycles. The highest BCUT2D eigenvalue weighted by molar-refractivity contribution is 6.00. The van der Waals surface area contributed by atoms with Crippen LogP contribution in [0.5, 0.6) is 0 Å². The van der Waals surface area contributed by atoms with Crippen LogP contribution in [0.25, 0.3) is 11.5 Å². The summed E-state index contributed by atoms with van der Waals surface area (Å²) in [4.78, 5) is 28.0. The van der Waals surface area contributed by atoms with Crippen LogP contribution >= 0.6 is 0 Å². The minimum Gasteiger partial charge on any atom is -0.445 e. The molecule has 148 valence electrons. The molecule has 7 nitrogen and oxygen atoms in total. The number of piperidine rings is 1. The molecule has 1 aliphatic heterocycles. The van der Waals surface area contributed by atoms with Gasteiger partial charge in [-0.3, -0.25) is 9.78 Å². The van der Waals surface area contributed by atoms with Crippen LogP contribution in [0.3, 0.4) is 0 Å². The molecule has 8 heteroatoms. The van der Waals surface area contributed by atoms with Crippen molar-refractivity contribution in [2.75, 3.05) is 11.9 Å². The van der Waals surface area contributed by atoms with Gasteiger partial charge in [-0.2, -0.15) is 0 Å². The van der Waals surface area contributed by atoms with Crippen molar-refractivity contribution in [2.24, 2.45) is 5.92 Å². The summed E-state index contributed by atoms with van der Waals surface area (Å²) in [6.45, 7) is 2.56. The first-order valence-corrected chi connectivity index (χ1v) is 9.64. The van der Waals surface area contributed by atoms with Crippen LogP contribution in [-0.2, 0) is 0 Å². The van der Waals surface area contributed by atoms with Gasteiger partial charge in [-0.05, 0) is 43.9 Å². The lowest BCUT2D eigenvalue weighted by Crippen LogP contribution is -2.47. The average molecular weight is 393 g/mol. The third-order valence-corrected chi connectivity index (χ3v) is 5.73. The number of oxazole rings is 1. The average Bonchev–Trinajstić information content (AvgIpc) is 3.46. The highest BCUT2D eigenvalue weighted by atomic mass is 19.1. The lowest BCUT2D eigenvalue weighted by atomic mass is 10.0. The molecule has 0 radical (unpaired) electrons. The smallest absolute Gasteiger partial charge is 0.255 e. The number of aryl methyl sites for hydroxylation is 1. The molecule has 2 aliphatic rings. The van der Waals surface area contributed by atoms with Crippen molar-refractivity contribution in [1.82, 2.24) is 19.9 Å². The van der Waals surface area contributed by atoms with Crippen LogP contribution in [0.4, 0.5) is 10.2 Å². The maximum Gasteiger partial charge on any atom is 0.255 e. The molecule has 2 bridgehead atoms. The van der Waals surface area contributed by atoms with Gasteiger partial charge in [0, 0.05) is 12.6 Å². The fraction of sp³-hybridized carbons (Fsp3) is 0.333. The molecule has 1 amide bonds. The normalized spacial score (nSPS) is 22.8. The molecule has 29 heavy (non-hydrogen) atoms.